The molecule has 4 atom stereocenters. The van der Waals surface area contributed by atoms with Crippen LogP contribution in [0.25, 0.3) is 0 Å². The van der Waals surface area contributed by atoms with Gasteiger partial charge in [0.05, 0.1) is 6.10 Å². The van der Waals surface area contributed by atoms with Crippen molar-refractivity contribution in [2.24, 2.45) is 11.3 Å². The SMILES string of the molecule is C[C@H](NC1C2CCOC2C1(C)C)c1cccc(Br)c1. The second-order valence-corrected chi connectivity index (χ2v) is 7.40. The molecule has 2 nitrogen and oxygen atoms in total. The van der Waals surface area contributed by atoms with Crippen molar-refractivity contribution in [2.75, 3.05) is 6.61 Å². The third-order valence-corrected chi connectivity index (χ3v) is 5.37. The van der Waals surface area contributed by atoms with Crippen LogP contribution in [0.1, 0.15) is 38.8 Å². The van der Waals surface area contributed by atoms with Crippen LogP contribution < -0.4 is 5.32 Å². The summed E-state index contributed by atoms with van der Waals surface area (Å²) >= 11 is 3.55. The molecule has 1 N–H and O–H groups in total. The summed E-state index contributed by atoms with van der Waals surface area (Å²) in [5.74, 6) is 0.699. The highest BCUT2D eigenvalue weighted by Gasteiger charge is 2.59. The van der Waals surface area contributed by atoms with Crippen LogP contribution in [0.4, 0.5) is 0 Å². The van der Waals surface area contributed by atoms with E-state index in [1.54, 1.807) is 0 Å². The average Bonchev–Trinajstić information content (AvgIpc) is 2.82. The first-order chi connectivity index (χ1) is 9.00. The lowest BCUT2D eigenvalue weighted by molar-refractivity contribution is -0.115. The molecule has 1 heterocycles. The quantitative estimate of drug-likeness (QED) is 0.910. The van der Waals surface area contributed by atoms with Crippen molar-refractivity contribution in [3.8, 4) is 0 Å². The predicted molar refractivity (Wildman–Crippen MR) is 81.1 cm³/mol. The first-order valence-corrected chi connectivity index (χ1v) is 7.92. The highest BCUT2D eigenvalue weighted by atomic mass is 79.9. The van der Waals surface area contributed by atoms with E-state index in [1.165, 1.54) is 12.0 Å². The summed E-state index contributed by atoms with van der Waals surface area (Å²) < 4.78 is 7.00. The Kier molecular flexibility index (Phi) is 3.48. The van der Waals surface area contributed by atoms with Crippen LogP contribution in [0, 0.1) is 11.3 Å². The number of nitrogens with one attached hydrogen (secondary N) is 1. The molecule has 1 saturated heterocycles. The zero-order valence-electron chi connectivity index (χ0n) is 11.8. The standard InChI is InChI=1S/C16H22BrNO/c1-10(11-5-4-6-12(17)9-11)18-14-13-7-8-19-15(13)16(14,2)3/h4-6,9-10,13-15,18H,7-8H2,1-3H3/t10-,13?,14?,15?/m0/s1. The zero-order valence-corrected chi connectivity index (χ0v) is 13.4. The van der Waals surface area contributed by atoms with Crippen molar-refractivity contribution < 1.29 is 4.74 Å². The normalized spacial score (nSPS) is 33.6. The fraction of sp³-hybridized carbons (Fsp3) is 0.625. The van der Waals surface area contributed by atoms with Gasteiger partial charge in [-0.25, -0.2) is 0 Å². The largest absolute Gasteiger partial charge is 0.377 e. The Bertz CT molecular complexity index is 474. The van der Waals surface area contributed by atoms with Gasteiger partial charge in [0.15, 0.2) is 0 Å². The molecule has 0 amide bonds. The van der Waals surface area contributed by atoms with Gasteiger partial charge in [0.1, 0.15) is 0 Å². The summed E-state index contributed by atoms with van der Waals surface area (Å²) in [7, 11) is 0. The van der Waals surface area contributed by atoms with Gasteiger partial charge < -0.3 is 10.1 Å². The molecule has 1 aliphatic carbocycles. The summed E-state index contributed by atoms with van der Waals surface area (Å²) in [6, 6.07) is 9.51. The van der Waals surface area contributed by atoms with Gasteiger partial charge >= 0.3 is 0 Å². The van der Waals surface area contributed by atoms with Gasteiger partial charge in [-0.2, -0.15) is 0 Å². The summed E-state index contributed by atoms with van der Waals surface area (Å²) in [6.07, 6.45) is 1.66. The third-order valence-electron chi connectivity index (χ3n) is 4.88. The van der Waals surface area contributed by atoms with Crippen LogP contribution in [0.5, 0.6) is 0 Å². The van der Waals surface area contributed by atoms with Gasteiger partial charge in [0, 0.05) is 34.5 Å². The first kappa shape index (κ1) is 13.6. The summed E-state index contributed by atoms with van der Waals surface area (Å²) in [6.45, 7) is 7.83. The van der Waals surface area contributed by atoms with E-state index in [1.807, 2.05) is 0 Å². The highest BCUT2D eigenvalue weighted by Crippen LogP contribution is 2.52. The molecule has 1 aromatic carbocycles. The lowest BCUT2D eigenvalue weighted by atomic mass is 9.57. The van der Waals surface area contributed by atoms with E-state index < -0.39 is 0 Å². The summed E-state index contributed by atoms with van der Waals surface area (Å²) in [5.41, 5.74) is 1.59. The fourth-order valence-corrected chi connectivity index (χ4v) is 4.22. The van der Waals surface area contributed by atoms with E-state index in [-0.39, 0.29) is 5.41 Å². The molecule has 1 aromatic rings. The molecule has 3 heteroatoms. The van der Waals surface area contributed by atoms with Gasteiger partial charge in [0.2, 0.25) is 0 Å². The van der Waals surface area contributed by atoms with E-state index in [4.69, 9.17) is 4.74 Å². The van der Waals surface area contributed by atoms with Crippen LogP contribution in [-0.4, -0.2) is 18.8 Å². The molecule has 1 saturated carbocycles. The van der Waals surface area contributed by atoms with Crippen molar-refractivity contribution in [2.45, 2.75) is 45.4 Å². The molecule has 19 heavy (non-hydrogen) atoms. The van der Waals surface area contributed by atoms with Crippen molar-refractivity contribution in [1.29, 1.82) is 0 Å². The second-order valence-electron chi connectivity index (χ2n) is 6.49. The average molecular weight is 324 g/mol. The second kappa shape index (κ2) is 4.87. The van der Waals surface area contributed by atoms with Crippen LogP contribution in [-0.2, 0) is 4.74 Å². The molecule has 0 bridgehead atoms. The minimum absolute atomic E-state index is 0.251. The number of benzene rings is 1. The maximum atomic E-state index is 5.86. The number of rotatable bonds is 3. The number of fused-ring (bicyclic) bond motifs is 1. The topological polar surface area (TPSA) is 21.3 Å². The molecule has 0 aromatic heterocycles. The summed E-state index contributed by atoms with van der Waals surface area (Å²) in [5, 5.41) is 3.82. The predicted octanol–water partition coefficient (Wildman–Crippen LogP) is 3.91. The molecule has 2 aliphatic rings. The molecular weight excluding hydrogens is 302 g/mol. The van der Waals surface area contributed by atoms with Gasteiger partial charge in [0.25, 0.3) is 0 Å². The van der Waals surface area contributed by atoms with E-state index in [0.29, 0.717) is 24.1 Å². The minimum Gasteiger partial charge on any atom is -0.377 e. The Balaban J connectivity index is 1.71. The lowest BCUT2D eigenvalue weighted by Crippen LogP contribution is -2.66. The maximum absolute atomic E-state index is 5.86. The number of hydrogen-bond donors (Lipinski definition) is 1. The Labute approximate surface area is 124 Å². The van der Waals surface area contributed by atoms with Crippen molar-refractivity contribution >= 4 is 15.9 Å². The Morgan fingerprint density at radius 2 is 2.21 bits per heavy atom. The zero-order chi connectivity index (χ0) is 13.6. The minimum atomic E-state index is 0.251. The molecule has 104 valence electrons. The molecule has 0 radical (unpaired) electrons. The molecule has 0 spiro atoms. The van der Waals surface area contributed by atoms with Crippen LogP contribution in [0.3, 0.4) is 0 Å². The van der Waals surface area contributed by atoms with Gasteiger partial charge in [-0.1, -0.05) is 41.9 Å². The fourth-order valence-electron chi connectivity index (χ4n) is 3.80. The van der Waals surface area contributed by atoms with Crippen molar-refractivity contribution in [1.82, 2.24) is 5.32 Å². The maximum Gasteiger partial charge on any atom is 0.0685 e. The summed E-state index contributed by atoms with van der Waals surface area (Å²) in [4.78, 5) is 0. The molecular formula is C16H22BrNO. The van der Waals surface area contributed by atoms with Gasteiger partial charge in [-0.3, -0.25) is 0 Å². The van der Waals surface area contributed by atoms with Crippen LogP contribution in [0.15, 0.2) is 28.7 Å². The van der Waals surface area contributed by atoms with E-state index in [9.17, 15) is 0 Å². The Hall–Kier alpha value is -0.380. The Morgan fingerprint density at radius 1 is 1.42 bits per heavy atom. The van der Waals surface area contributed by atoms with Crippen molar-refractivity contribution in [3.63, 3.8) is 0 Å². The van der Waals surface area contributed by atoms with E-state index >= 15 is 0 Å². The van der Waals surface area contributed by atoms with Crippen LogP contribution in [0.2, 0.25) is 0 Å². The molecule has 2 fully saturated rings. The lowest BCUT2D eigenvalue weighted by Gasteiger charge is -2.55. The first-order valence-electron chi connectivity index (χ1n) is 7.13. The van der Waals surface area contributed by atoms with Crippen LogP contribution >= 0.6 is 15.9 Å². The number of hydrogen-bond acceptors (Lipinski definition) is 2. The third kappa shape index (κ3) is 2.26. The van der Waals surface area contributed by atoms with Crippen molar-refractivity contribution in [3.05, 3.63) is 34.3 Å². The monoisotopic (exact) mass is 323 g/mol. The molecule has 3 unspecified atom stereocenters. The highest BCUT2D eigenvalue weighted by molar-refractivity contribution is 9.10. The molecule has 3 rings (SSSR count). The molecule has 1 aliphatic heterocycles. The number of ether oxygens (including phenoxy) is 1. The van der Waals surface area contributed by atoms with Gasteiger partial charge in [-0.15, -0.1) is 0 Å². The van der Waals surface area contributed by atoms with E-state index in [0.717, 1.165) is 11.1 Å². The van der Waals surface area contributed by atoms with Gasteiger partial charge in [-0.05, 0) is 31.0 Å². The smallest absolute Gasteiger partial charge is 0.0685 e. The van der Waals surface area contributed by atoms with E-state index in [2.05, 4.69) is 66.3 Å². The number of halogens is 1. The Morgan fingerprint density at radius 3 is 2.95 bits per heavy atom.